The zero-order valence-electron chi connectivity index (χ0n) is 14.0. The number of alkyl halides is 3. The number of fused-ring (bicyclic) bond motifs is 3. The molecule has 1 aliphatic rings. The van der Waals surface area contributed by atoms with Crippen molar-refractivity contribution in [2.24, 2.45) is 0 Å². The summed E-state index contributed by atoms with van der Waals surface area (Å²) < 4.78 is 37.9. The number of H-pyrrole nitrogens is 1. The van der Waals surface area contributed by atoms with E-state index in [2.05, 4.69) is 16.0 Å². The van der Waals surface area contributed by atoms with Crippen molar-refractivity contribution in [2.75, 3.05) is 6.54 Å². The summed E-state index contributed by atoms with van der Waals surface area (Å²) in [5, 5.41) is 1.08. The predicted molar refractivity (Wildman–Crippen MR) is 90.7 cm³/mol. The summed E-state index contributed by atoms with van der Waals surface area (Å²) in [7, 11) is 0. The predicted octanol–water partition coefficient (Wildman–Crippen LogP) is 4.09. The second-order valence-electron chi connectivity index (χ2n) is 6.54. The topological polar surface area (TPSA) is 49.0 Å². The molecule has 3 heterocycles. The molecule has 0 saturated carbocycles. The van der Waals surface area contributed by atoms with Gasteiger partial charge in [-0.15, -0.1) is 0 Å². The number of aromatic nitrogens is 2. The minimum atomic E-state index is -4.46. The van der Waals surface area contributed by atoms with E-state index in [0.717, 1.165) is 39.9 Å². The molecule has 0 fully saturated rings. The summed E-state index contributed by atoms with van der Waals surface area (Å²) in [6.07, 6.45) is -3.08. The Kier molecular flexibility index (Phi) is 3.75. The second kappa shape index (κ2) is 5.86. The van der Waals surface area contributed by atoms with Crippen molar-refractivity contribution in [1.82, 2.24) is 14.9 Å². The van der Waals surface area contributed by atoms with Crippen LogP contribution in [-0.4, -0.2) is 27.3 Å². The van der Waals surface area contributed by atoms with Crippen molar-refractivity contribution in [3.63, 3.8) is 0 Å². The van der Waals surface area contributed by atoms with E-state index in [1.165, 1.54) is 0 Å². The van der Waals surface area contributed by atoms with E-state index in [4.69, 9.17) is 0 Å². The summed E-state index contributed by atoms with van der Waals surface area (Å²) >= 11 is 0. The summed E-state index contributed by atoms with van der Waals surface area (Å²) in [5.41, 5.74) is 3.50. The Hall–Kier alpha value is -2.83. The van der Waals surface area contributed by atoms with Gasteiger partial charge in [-0.05, 0) is 31.2 Å². The molecule has 7 heteroatoms. The van der Waals surface area contributed by atoms with Gasteiger partial charge in [0.2, 0.25) is 0 Å². The molecule has 0 radical (unpaired) electrons. The maximum absolute atomic E-state index is 12.7. The number of aromatic amines is 1. The molecule has 0 aliphatic carbocycles. The minimum Gasteiger partial charge on any atom is -0.358 e. The Morgan fingerprint density at radius 2 is 2.04 bits per heavy atom. The highest BCUT2D eigenvalue weighted by Gasteiger charge is 2.31. The van der Waals surface area contributed by atoms with Crippen LogP contribution in [0.15, 0.2) is 36.5 Å². The molecule has 26 heavy (non-hydrogen) atoms. The van der Waals surface area contributed by atoms with Gasteiger partial charge in [0.25, 0.3) is 5.91 Å². The number of carbonyl (C=O) groups excluding carboxylic acids is 1. The lowest BCUT2D eigenvalue weighted by atomic mass is 10.0. The van der Waals surface area contributed by atoms with Crippen molar-refractivity contribution in [1.29, 1.82) is 0 Å². The average Bonchev–Trinajstić information content (AvgIpc) is 2.97. The van der Waals surface area contributed by atoms with Crippen molar-refractivity contribution < 1.29 is 18.0 Å². The number of aryl methyl sites for hydroxylation is 1. The van der Waals surface area contributed by atoms with Crippen LogP contribution in [-0.2, 0) is 19.1 Å². The van der Waals surface area contributed by atoms with Crippen LogP contribution in [0.2, 0.25) is 0 Å². The molecule has 1 amide bonds. The lowest BCUT2D eigenvalue weighted by molar-refractivity contribution is -0.137. The molecule has 0 bridgehead atoms. The van der Waals surface area contributed by atoms with E-state index in [1.54, 1.807) is 4.90 Å². The minimum absolute atomic E-state index is 0.0254. The molecule has 1 aromatic carbocycles. The van der Waals surface area contributed by atoms with Gasteiger partial charge in [0.05, 0.1) is 5.56 Å². The number of halogens is 3. The highest BCUT2D eigenvalue weighted by molar-refractivity contribution is 5.93. The van der Waals surface area contributed by atoms with Crippen molar-refractivity contribution in [3.8, 4) is 0 Å². The van der Waals surface area contributed by atoms with Crippen LogP contribution in [0.25, 0.3) is 10.9 Å². The third kappa shape index (κ3) is 2.83. The molecular formula is C19H16F3N3O. The van der Waals surface area contributed by atoms with Crippen LogP contribution in [0.3, 0.4) is 0 Å². The molecule has 1 aliphatic heterocycles. The van der Waals surface area contributed by atoms with Crippen molar-refractivity contribution in [3.05, 3.63) is 64.6 Å². The summed E-state index contributed by atoms with van der Waals surface area (Å²) in [5.74, 6) is -0.355. The normalized spacial score (nSPS) is 14.5. The lowest BCUT2D eigenvalue weighted by Gasteiger charge is -2.27. The zero-order valence-corrected chi connectivity index (χ0v) is 14.0. The molecule has 0 saturated heterocycles. The molecule has 4 rings (SSSR count). The summed E-state index contributed by atoms with van der Waals surface area (Å²) in [6, 6.07) is 8.16. The van der Waals surface area contributed by atoms with Crippen LogP contribution in [0.4, 0.5) is 13.2 Å². The van der Waals surface area contributed by atoms with Gasteiger partial charge in [-0.1, -0.05) is 11.6 Å². The number of carbonyl (C=O) groups is 1. The maximum Gasteiger partial charge on any atom is 0.417 e. The molecule has 0 atom stereocenters. The number of nitrogens with zero attached hydrogens (tertiary/aromatic N) is 2. The quantitative estimate of drug-likeness (QED) is 0.711. The van der Waals surface area contributed by atoms with Gasteiger partial charge >= 0.3 is 6.18 Å². The van der Waals surface area contributed by atoms with E-state index in [0.29, 0.717) is 25.7 Å². The van der Waals surface area contributed by atoms with Gasteiger partial charge in [-0.3, -0.25) is 9.78 Å². The monoisotopic (exact) mass is 359 g/mol. The number of nitrogens with one attached hydrogen (secondary N) is 1. The Morgan fingerprint density at radius 3 is 2.73 bits per heavy atom. The SMILES string of the molecule is Cc1ccc2[nH]c3c(c2c1)CN(C(=O)c1ccc(C(F)(F)F)cn1)CC3. The van der Waals surface area contributed by atoms with Crippen molar-refractivity contribution >= 4 is 16.8 Å². The summed E-state index contributed by atoms with van der Waals surface area (Å²) in [4.78, 5) is 21.4. The number of benzene rings is 1. The van der Waals surface area contributed by atoms with Crippen LogP contribution >= 0.6 is 0 Å². The fourth-order valence-corrected chi connectivity index (χ4v) is 3.35. The molecule has 4 nitrogen and oxygen atoms in total. The largest absolute Gasteiger partial charge is 0.417 e. The third-order valence-corrected chi connectivity index (χ3v) is 4.73. The molecule has 3 aromatic rings. The second-order valence-corrected chi connectivity index (χ2v) is 6.54. The zero-order chi connectivity index (χ0) is 18.5. The number of hydrogen-bond acceptors (Lipinski definition) is 2. The fraction of sp³-hybridized carbons (Fsp3) is 0.263. The molecular weight excluding hydrogens is 343 g/mol. The van der Waals surface area contributed by atoms with E-state index < -0.39 is 11.7 Å². The van der Waals surface area contributed by atoms with Crippen LogP contribution in [0.5, 0.6) is 0 Å². The van der Waals surface area contributed by atoms with Gasteiger partial charge in [0, 0.05) is 47.9 Å². The first kappa shape index (κ1) is 16.6. The van der Waals surface area contributed by atoms with Gasteiger partial charge < -0.3 is 9.88 Å². The number of amides is 1. The van der Waals surface area contributed by atoms with Gasteiger partial charge in [-0.25, -0.2) is 0 Å². The summed E-state index contributed by atoms with van der Waals surface area (Å²) in [6.45, 7) is 2.93. The smallest absolute Gasteiger partial charge is 0.358 e. The van der Waals surface area contributed by atoms with Gasteiger partial charge in [0.1, 0.15) is 5.69 Å². The molecule has 0 unspecified atom stereocenters. The van der Waals surface area contributed by atoms with Crippen LogP contribution < -0.4 is 0 Å². The first-order valence-electron chi connectivity index (χ1n) is 8.25. The maximum atomic E-state index is 12.7. The highest BCUT2D eigenvalue weighted by atomic mass is 19.4. The van der Waals surface area contributed by atoms with Crippen LogP contribution in [0.1, 0.15) is 32.9 Å². The number of rotatable bonds is 1. The Morgan fingerprint density at radius 1 is 1.23 bits per heavy atom. The van der Waals surface area contributed by atoms with Crippen LogP contribution in [0, 0.1) is 6.92 Å². The van der Waals surface area contributed by atoms with E-state index in [-0.39, 0.29) is 11.6 Å². The highest BCUT2D eigenvalue weighted by Crippen LogP contribution is 2.30. The first-order valence-corrected chi connectivity index (χ1v) is 8.25. The van der Waals surface area contributed by atoms with Gasteiger partial charge in [-0.2, -0.15) is 13.2 Å². The molecule has 134 valence electrons. The Balaban J connectivity index is 1.61. The molecule has 1 N–H and O–H groups in total. The van der Waals surface area contributed by atoms with E-state index >= 15 is 0 Å². The van der Waals surface area contributed by atoms with Crippen molar-refractivity contribution in [2.45, 2.75) is 26.1 Å². The standard InChI is InChI=1S/C19H16F3N3O/c1-11-2-4-15-13(8-11)14-10-25(7-6-16(14)24-15)18(26)17-5-3-12(9-23-17)19(20,21)22/h2-5,8-9,24H,6-7,10H2,1H3. The molecule has 2 aromatic heterocycles. The first-order chi connectivity index (χ1) is 12.3. The van der Waals surface area contributed by atoms with E-state index in [1.807, 2.05) is 19.1 Å². The third-order valence-electron chi connectivity index (χ3n) is 4.73. The Bertz CT molecular complexity index is 990. The Labute approximate surface area is 147 Å². The number of pyridine rings is 1. The molecule has 0 spiro atoms. The lowest BCUT2D eigenvalue weighted by Crippen LogP contribution is -2.36. The number of hydrogen-bond donors (Lipinski definition) is 1. The average molecular weight is 359 g/mol. The van der Waals surface area contributed by atoms with E-state index in [9.17, 15) is 18.0 Å². The fourth-order valence-electron chi connectivity index (χ4n) is 3.35. The van der Waals surface area contributed by atoms with Gasteiger partial charge in [0.15, 0.2) is 0 Å².